The lowest BCUT2D eigenvalue weighted by Crippen LogP contribution is -2.29. The van der Waals surface area contributed by atoms with E-state index in [2.05, 4.69) is 10.5 Å². The average Bonchev–Trinajstić information content (AvgIpc) is 2.78. The Morgan fingerprint density at radius 2 is 1.95 bits per heavy atom. The molecular formula is C12H13F3N4. The molecule has 2 rings (SSSR count). The highest BCUT2D eigenvalue weighted by Crippen LogP contribution is 2.21. The lowest BCUT2D eigenvalue weighted by Gasteiger charge is -2.16. The van der Waals surface area contributed by atoms with E-state index < -0.39 is 23.5 Å². The van der Waals surface area contributed by atoms with Crippen molar-refractivity contribution < 1.29 is 13.2 Å². The molecule has 0 spiro atoms. The average molecular weight is 270 g/mol. The van der Waals surface area contributed by atoms with Gasteiger partial charge in [0, 0.05) is 13.2 Å². The summed E-state index contributed by atoms with van der Waals surface area (Å²) in [6.07, 6.45) is 3.77. The second kappa shape index (κ2) is 5.41. The number of nitrogens with one attached hydrogen (secondary N) is 1. The molecule has 1 aromatic carbocycles. The van der Waals surface area contributed by atoms with E-state index in [1.165, 1.54) is 0 Å². The molecule has 4 nitrogen and oxygen atoms in total. The molecule has 0 fully saturated rings. The van der Waals surface area contributed by atoms with Crippen LogP contribution in [0.2, 0.25) is 0 Å². The number of hydrazine groups is 1. The van der Waals surface area contributed by atoms with Crippen LogP contribution < -0.4 is 11.3 Å². The molecule has 0 aliphatic heterocycles. The summed E-state index contributed by atoms with van der Waals surface area (Å²) in [7, 11) is 1.76. The molecule has 1 heterocycles. The Labute approximate surface area is 108 Å². The molecule has 2 aromatic rings. The van der Waals surface area contributed by atoms with Gasteiger partial charge in [0.1, 0.15) is 0 Å². The van der Waals surface area contributed by atoms with Crippen LogP contribution in [0.15, 0.2) is 24.5 Å². The third-order valence-electron chi connectivity index (χ3n) is 2.81. The van der Waals surface area contributed by atoms with Crippen LogP contribution in [0.25, 0.3) is 0 Å². The number of benzene rings is 1. The van der Waals surface area contributed by atoms with Gasteiger partial charge in [-0.05, 0) is 29.7 Å². The summed E-state index contributed by atoms with van der Waals surface area (Å²) in [6.45, 7) is 0. The maximum absolute atomic E-state index is 13.2. The van der Waals surface area contributed by atoms with E-state index in [1.54, 1.807) is 24.1 Å². The van der Waals surface area contributed by atoms with Crippen molar-refractivity contribution in [3.8, 4) is 0 Å². The standard InChI is InChI=1S/C12H13F3N4/c1-19-6-7(5-17-19)2-11(18-16)8-3-9(13)12(15)10(14)4-8/h3-6,11,18H,2,16H2,1H3. The minimum Gasteiger partial charge on any atom is -0.276 e. The fourth-order valence-corrected chi connectivity index (χ4v) is 1.86. The van der Waals surface area contributed by atoms with Crippen molar-refractivity contribution in [1.29, 1.82) is 0 Å². The van der Waals surface area contributed by atoms with Gasteiger partial charge in [0.05, 0.1) is 12.2 Å². The van der Waals surface area contributed by atoms with Gasteiger partial charge in [-0.3, -0.25) is 16.0 Å². The number of aryl methyl sites for hydroxylation is 1. The van der Waals surface area contributed by atoms with Gasteiger partial charge >= 0.3 is 0 Å². The Bertz CT molecular complexity index is 559. The molecule has 1 unspecified atom stereocenters. The Morgan fingerprint density at radius 3 is 2.42 bits per heavy atom. The first kappa shape index (κ1) is 13.6. The van der Waals surface area contributed by atoms with Crippen molar-refractivity contribution in [3.05, 3.63) is 53.1 Å². The molecule has 7 heteroatoms. The molecule has 3 N–H and O–H groups in total. The van der Waals surface area contributed by atoms with Crippen LogP contribution in [0.4, 0.5) is 13.2 Å². The summed E-state index contributed by atoms with van der Waals surface area (Å²) < 4.78 is 40.9. The number of nitrogens with zero attached hydrogens (tertiary/aromatic N) is 2. The van der Waals surface area contributed by atoms with Gasteiger partial charge in [0.15, 0.2) is 17.5 Å². The number of aromatic nitrogens is 2. The molecule has 0 aliphatic carbocycles. The van der Waals surface area contributed by atoms with E-state index in [9.17, 15) is 13.2 Å². The van der Waals surface area contributed by atoms with Gasteiger partial charge in [-0.1, -0.05) is 0 Å². The Hall–Kier alpha value is -1.86. The third-order valence-corrected chi connectivity index (χ3v) is 2.81. The van der Waals surface area contributed by atoms with Gasteiger partial charge in [-0.25, -0.2) is 13.2 Å². The zero-order valence-electron chi connectivity index (χ0n) is 10.2. The quantitative estimate of drug-likeness (QED) is 0.504. The highest BCUT2D eigenvalue weighted by molar-refractivity contribution is 5.24. The number of rotatable bonds is 4. The molecular weight excluding hydrogens is 257 g/mol. The maximum atomic E-state index is 13.2. The van der Waals surface area contributed by atoms with Crippen LogP contribution in [-0.2, 0) is 13.5 Å². The summed E-state index contributed by atoms with van der Waals surface area (Å²) in [6, 6.07) is 1.33. The van der Waals surface area contributed by atoms with E-state index >= 15 is 0 Å². The van der Waals surface area contributed by atoms with Crippen LogP contribution in [0.1, 0.15) is 17.2 Å². The molecule has 19 heavy (non-hydrogen) atoms. The van der Waals surface area contributed by atoms with Crippen LogP contribution >= 0.6 is 0 Å². The summed E-state index contributed by atoms with van der Waals surface area (Å²) in [5.74, 6) is 1.43. The maximum Gasteiger partial charge on any atom is 0.194 e. The molecule has 1 atom stereocenters. The van der Waals surface area contributed by atoms with E-state index in [0.29, 0.717) is 6.42 Å². The second-order valence-corrected chi connectivity index (χ2v) is 4.24. The topological polar surface area (TPSA) is 55.9 Å². The molecule has 1 aromatic heterocycles. The van der Waals surface area contributed by atoms with Crippen molar-refractivity contribution >= 4 is 0 Å². The first-order valence-electron chi connectivity index (χ1n) is 5.59. The van der Waals surface area contributed by atoms with Crippen molar-refractivity contribution in [2.24, 2.45) is 12.9 Å². The number of halogens is 3. The summed E-state index contributed by atoms with van der Waals surface area (Å²) in [4.78, 5) is 0. The minimum atomic E-state index is -1.49. The van der Waals surface area contributed by atoms with E-state index in [0.717, 1.165) is 17.7 Å². The normalized spacial score (nSPS) is 12.7. The molecule has 0 saturated heterocycles. The van der Waals surface area contributed by atoms with Crippen molar-refractivity contribution in [3.63, 3.8) is 0 Å². The van der Waals surface area contributed by atoms with E-state index in [1.807, 2.05) is 0 Å². The first-order valence-corrected chi connectivity index (χ1v) is 5.59. The van der Waals surface area contributed by atoms with Crippen molar-refractivity contribution in [2.75, 3.05) is 0 Å². The molecule has 0 saturated carbocycles. The van der Waals surface area contributed by atoms with E-state index in [-0.39, 0.29) is 5.56 Å². The Morgan fingerprint density at radius 1 is 1.32 bits per heavy atom. The van der Waals surface area contributed by atoms with Crippen LogP contribution in [0.3, 0.4) is 0 Å². The monoisotopic (exact) mass is 270 g/mol. The van der Waals surface area contributed by atoms with Gasteiger partial charge in [0.25, 0.3) is 0 Å². The first-order chi connectivity index (χ1) is 9.01. The fourth-order valence-electron chi connectivity index (χ4n) is 1.86. The van der Waals surface area contributed by atoms with Gasteiger partial charge in [-0.15, -0.1) is 0 Å². The number of hydrogen-bond acceptors (Lipinski definition) is 3. The van der Waals surface area contributed by atoms with Crippen molar-refractivity contribution in [2.45, 2.75) is 12.5 Å². The highest BCUT2D eigenvalue weighted by atomic mass is 19.2. The van der Waals surface area contributed by atoms with Crippen molar-refractivity contribution in [1.82, 2.24) is 15.2 Å². The second-order valence-electron chi connectivity index (χ2n) is 4.24. The highest BCUT2D eigenvalue weighted by Gasteiger charge is 2.17. The minimum absolute atomic E-state index is 0.239. The van der Waals surface area contributed by atoms with Crippen LogP contribution in [-0.4, -0.2) is 9.78 Å². The molecule has 0 amide bonds. The molecule has 0 aliphatic rings. The smallest absolute Gasteiger partial charge is 0.194 e. The molecule has 102 valence electrons. The van der Waals surface area contributed by atoms with Crippen LogP contribution in [0, 0.1) is 17.5 Å². The largest absolute Gasteiger partial charge is 0.276 e. The summed E-state index contributed by atoms with van der Waals surface area (Å²) >= 11 is 0. The van der Waals surface area contributed by atoms with Gasteiger partial charge < -0.3 is 0 Å². The predicted octanol–water partition coefficient (Wildman–Crippen LogP) is 1.58. The number of hydrogen-bond donors (Lipinski definition) is 2. The zero-order valence-corrected chi connectivity index (χ0v) is 10.2. The fraction of sp³-hybridized carbons (Fsp3) is 0.250. The Balaban J connectivity index is 2.27. The van der Waals surface area contributed by atoms with Gasteiger partial charge in [-0.2, -0.15) is 5.10 Å². The Kier molecular flexibility index (Phi) is 3.87. The summed E-state index contributed by atoms with van der Waals surface area (Å²) in [5, 5.41) is 3.99. The molecule has 0 bridgehead atoms. The van der Waals surface area contributed by atoms with Crippen LogP contribution in [0.5, 0.6) is 0 Å². The molecule has 0 radical (unpaired) electrons. The predicted molar refractivity (Wildman–Crippen MR) is 63.3 cm³/mol. The third kappa shape index (κ3) is 2.94. The zero-order chi connectivity index (χ0) is 14.0. The number of nitrogens with two attached hydrogens (primary N) is 1. The SMILES string of the molecule is Cn1cc(CC(NN)c2cc(F)c(F)c(F)c2)cn1. The lowest BCUT2D eigenvalue weighted by molar-refractivity contribution is 0.439. The lowest BCUT2D eigenvalue weighted by atomic mass is 10.0. The van der Waals surface area contributed by atoms with Gasteiger partial charge in [0.2, 0.25) is 0 Å². The summed E-state index contributed by atoms with van der Waals surface area (Å²) in [5.41, 5.74) is 3.54. The van der Waals surface area contributed by atoms with E-state index in [4.69, 9.17) is 5.84 Å².